The summed E-state index contributed by atoms with van der Waals surface area (Å²) in [4.78, 5) is 24.4. The van der Waals surface area contributed by atoms with Gasteiger partial charge in [0.1, 0.15) is 0 Å². The van der Waals surface area contributed by atoms with Crippen molar-refractivity contribution < 1.29 is 9.59 Å². The molecule has 0 aliphatic carbocycles. The Bertz CT molecular complexity index is 533. The van der Waals surface area contributed by atoms with Crippen molar-refractivity contribution in [2.24, 2.45) is 11.7 Å². The van der Waals surface area contributed by atoms with E-state index >= 15 is 0 Å². The highest BCUT2D eigenvalue weighted by molar-refractivity contribution is 8.00. The van der Waals surface area contributed by atoms with Gasteiger partial charge in [0.25, 0.3) is 0 Å². The number of nitrogens with one attached hydrogen (secondary N) is 2. The number of nitrogens with two attached hydrogens (primary N) is 1. The Morgan fingerprint density at radius 3 is 3.00 bits per heavy atom. The molecule has 1 aromatic rings. The van der Waals surface area contributed by atoms with E-state index in [-0.39, 0.29) is 17.7 Å². The van der Waals surface area contributed by atoms with Crippen LogP contribution in [0, 0.1) is 5.92 Å². The van der Waals surface area contributed by atoms with Gasteiger partial charge in [-0.05, 0) is 24.1 Å². The van der Waals surface area contributed by atoms with Crippen LogP contribution >= 0.6 is 11.8 Å². The fourth-order valence-corrected chi connectivity index (χ4v) is 2.69. The van der Waals surface area contributed by atoms with Crippen LogP contribution in [-0.2, 0) is 9.59 Å². The lowest BCUT2D eigenvalue weighted by molar-refractivity contribution is -0.118. The van der Waals surface area contributed by atoms with Gasteiger partial charge in [-0.2, -0.15) is 0 Å². The minimum atomic E-state index is -0.528. The number of amides is 2. The lowest BCUT2D eigenvalue weighted by Gasteiger charge is -2.20. The third kappa shape index (κ3) is 3.32. The maximum absolute atomic E-state index is 12.0. The quantitative estimate of drug-likeness (QED) is 0.793. The number of hydrogen-bond donors (Lipinski definition) is 3. The van der Waals surface area contributed by atoms with E-state index in [0.717, 1.165) is 17.0 Å². The summed E-state index contributed by atoms with van der Waals surface area (Å²) in [5, 5.41) is 5.59. The molecule has 0 bridgehead atoms. The molecule has 6 heteroatoms. The second kappa shape index (κ2) is 6.28. The standard InChI is InChI=1S/C14H19N3O2S/c1-3-8(2)13(15)14(19)16-9-4-5-11-10(6-9)17-12(18)7-20-11/h4-6,8,13H,3,7,15H2,1-2H3,(H,16,19)(H,17,18). The van der Waals surface area contributed by atoms with Crippen molar-refractivity contribution in [2.75, 3.05) is 16.4 Å². The molecular formula is C14H19N3O2S. The molecule has 2 rings (SSSR count). The minimum absolute atomic E-state index is 0.0257. The molecule has 0 saturated heterocycles. The Kier molecular flexibility index (Phi) is 4.67. The van der Waals surface area contributed by atoms with Crippen molar-refractivity contribution in [1.82, 2.24) is 0 Å². The van der Waals surface area contributed by atoms with Gasteiger partial charge >= 0.3 is 0 Å². The minimum Gasteiger partial charge on any atom is -0.325 e. The number of benzene rings is 1. The van der Waals surface area contributed by atoms with E-state index in [1.165, 1.54) is 11.8 Å². The largest absolute Gasteiger partial charge is 0.325 e. The summed E-state index contributed by atoms with van der Waals surface area (Å²) in [6.45, 7) is 3.96. The monoisotopic (exact) mass is 293 g/mol. The molecule has 2 amide bonds. The Morgan fingerprint density at radius 1 is 1.55 bits per heavy atom. The van der Waals surface area contributed by atoms with Crippen LogP contribution < -0.4 is 16.4 Å². The molecule has 1 aliphatic heterocycles. The van der Waals surface area contributed by atoms with Crippen LogP contribution in [0.5, 0.6) is 0 Å². The molecule has 1 aliphatic rings. The van der Waals surface area contributed by atoms with Crippen LogP contribution in [-0.4, -0.2) is 23.6 Å². The van der Waals surface area contributed by atoms with Gasteiger partial charge in [-0.1, -0.05) is 20.3 Å². The van der Waals surface area contributed by atoms with Gasteiger partial charge < -0.3 is 16.4 Å². The first-order valence-electron chi connectivity index (χ1n) is 6.64. The number of anilines is 2. The van der Waals surface area contributed by atoms with Gasteiger partial charge in [-0.3, -0.25) is 9.59 Å². The maximum atomic E-state index is 12.0. The second-order valence-corrected chi connectivity index (χ2v) is 5.97. The zero-order valence-electron chi connectivity index (χ0n) is 11.6. The van der Waals surface area contributed by atoms with E-state index in [4.69, 9.17) is 5.73 Å². The van der Waals surface area contributed by atoms with Crippen LogP contribution in [0.2, 0.25) is 0 Å². The Hall–Kier alpha value is -1.53. The highest BCUT2D eigenvalue weighted by Gasteiger charge is 2.20. The third-order valence-electron chi connectivity index (χ3n) is 3.44. The smallest absolute Gasteiger partial charge is 0.241 e. The van der Waals surface area contributed by atoms with Crippen molar-refractivity contribution >= 4 is 35.0 Å². The number of carbonyl (C=O) groups excluding carboxylic acids is 2. The summed E-state index contributed by atoms with van der Waals surface area (Å²) in [5.74, 6) is 0.330. The maximum Gasteiger partial charge on any atom is 0.241 e. The van der Waals surface area contributed by atoms with Crippen LogP contribution in [0.1, 0.15) is 20.3 Å². The Labute approximate surface area is 122 Å². The summed E-state index contributed by atoms with van der Waals surface area (Å²) >= 11 is 1.49. The molecule has 1 heterocycles. The van der Waals surface area contributed by atoms with E-state index in [2.05, 4.69) is 10.6 Å². The number of hydrogen-bond acceptors (Lipinski definition) is 4. The van der Waals surface area contributed by atoms with Gasteiger partial charge in [0.15, 0.2) is 0 Å². The second-order valence-electron chi connectivity index (χ2n) is 4.95. The molecule has 0 saturated carbocycles. The summed E-state index contributed by atoms with van der Waals surface area (Å²) in [6, 6.07) is 4.95. The fraction of sp³-hybridized carbons (Fsp3) is 0.429. The molecule has 4 N–H and O–H groups in total. The predicted molar refractivity (Wildman–Crippen MR) is 81.9 cm³/mol. The number of thioether (sulfide) groups is 1. The highest BCUT2D eigenvalue weighted by Crippen LogP contribution is 2.33. The van der Waals surface area contributed by atoms with E-state index in [0.29, 0.717) is 11.4 Å². The van der Waals surface area contributed by atoms with E-state index in [9.17, 15) is 9.59 Å². The lowest BCUT2D eigenvalue weighted by Crippen LogP contribution is -2.40. The Morgan fingerprint density at radius 2 is 2.30 bits per heavy atom. The topological polar surface area (TPSA) is 84.2 Å². The summed E-state index contributed by atoms with van der Waals surface area (Å²) < 4.78 is 0. The SMILES string of the molecule is CCC(C)C(N)C(=O)Nc1ccc2c(c1)NC(=O)CS2. The van der Waals surface area contributed by atoms with Crippen LogP contribution in [0.15, 0.2) is 23.1 Å². The van der Waals surface area contributed by atoms with Crippen molar-refractivity contribution in [3.63, 3.8) is 0 Å². The average Bonchev–Trinajstić information content (AvgIpc) is 2.45. The van der Waals surface area contributed by atoms with Crippen LogP contribution in [0.3, 0.4) is 0 Å². The number of fused-ring (bicyclic) bond motifs is 1. The van der Waals surface area contributed by atoms with Crippen LogP contribution in [0.25, 0.3) is 0 Å². The molecule has 0 aromatic heterocycles. The zero-order chi connectivity index (χ0) is 14.7. The van der Waals surface area contributed by atoms with Gasteiger partial charge in [-0.15, -0.1) is 11.8 Å². The molecule has 2 unspecified atom stereocenters. The third-order valence-corrected chi connectivity index (χ3v) is 4.51. The van der Waals surface area contributed by atoms with Crippen molar-refractivity contribution in [3.05, 3.63) is 18.2 Å². The molecule has 2 atom stereocenters. The van der Waals surface area contributed by atoms with Crippen molar-refractivity contribution in [2.45, 2.75) is 31.2 Å². The van der Waals surface area contributed by atoms with Crippen molar-refractivity contribution in [1.29, 1.82) is 0 Å². The van der Waals surface area contributed by atoms with Gasteiger partial charge in [0, 0.05) is 10.6 Å². The number of rotatable bonds is 4. The first-order valence-corrected chi connectivity index (χ1v) is 7.63. The Balaban J connectivity index is 2.09. The molecule has 5 nitrogen and oxygen atoms in total. The molecular weight excluding hydrogens is 274 g/mol. The molecule has 0 fully saturated rings. The highest BCUT2D eigenvalue weighted by atomic mass is 32.2. The van der Waals surface area contributed by atoms with Crippen LogP contribution in [0.4, 0.5) is 11.4 Å². The first-order chi connectivity index (χ1) is 9.51. The zero-order valence-corrected chi connectivity index (χ0v) is 12.4. The predicted octanol–water partition coefficient (Wildman–Crippen LogP) is 2.04. The van der Waals surface area contributed by atoms with Gasteiger partial charge in [0.05, 0.1) is 17.5 Å². The summed E-state index contributed by atoms with van der Waals surface area (Å²) in [7, 11) is 0. The lowest BCUT2D eigenvalue weighted by atomic mass is 9.99. The first kappa shape index (κ1) is 14.9. The molecule has 20 heavy (non-hydrogen) atoms. The normalized spacial score (nSPS) is 16.9. The summed E-state index contributed by atoms with van der Waals surface area (Å²) in [5.41, 5.74) is 7.28. The average molecular weight is 293 g/mol. The fourth-order valence-electron chi connectivity index (χ4n) is 1.90. The summed E-state index contributed by atoms with van der Waals surface area (Å²) in [6.07, 6.45) is 0.853. The molecule has 0 radical (unpaired) electrons. The van der Waals surface area contributed by atoms with E-state index < -0.39 is 6.04 Å². The molecule has 0 spiro atoms. The number of carbonyl (C=O) groups is 2. The van der Waals surface area contributed by atoms with Crippen molar-refractivity contribution in [3.8, 4) is 0 Å². The van der Waals surface area contributed by atoms with E-state index in [1.54, 1.807) is 6.07 Å². The molecule has 1 aromatic carbocycles. The van der Waals surface area contributed by atoms with Gasteiger partial charge in [-0.25, -0.2) is 0 Å². The molecule has 108 valence electrons. The van der Waals surface area contributed by atoms with Gasteiger partial charge in [0.2, 0.25) is 11.8 Å². The van der Waals surface area contributed by atoms with E-state index in [1.807, 2.05) is 26.0 Å².